The maximum atomic E-state index is 12.3. The van der Waals surface area contributed by atoms with Gasteiger partial charge in [-0.2, -0.15) is 5.10 Å². The molecule has 1 aliphatic heterocycles. The standard InChI is InChI=1S/C20H17IN4O5/c21-12-6-9-15-14(10-12)18(20(30)23-15)24-25-19(29)11-4-7-13(8-5-11)22-16(26)2-1-3-17(27)28/h4-10H,1-3H2,(H,22,26)(H,25,29)(H,27,28)(H,23,24,30). The highest BCUT2D eigenvalue weighted by molar-refractivity contribution is 14.1. The van der Waals surface area contributed by atoms with Gasteiger partial charge in [0.1, 0.15) is 0 Å². The zero-order chi connectivity index (χ0) is 21.7. The summed E-state index contributed by atoms with van der Waals surface area (Å²) in [5.41, 5.74) is 4.53. The van der Waals surface area contributed by atoms with E-state index in [-0.39, 0.29) is 30.9 Å². The zero-order valence-electron chi connectivity index (χ0n) is 15.6. The number of carboxylic acids is 1. The Labute approximate surface area is 185 Å². The van der Waals surface area contributed by atoms with Gasteiger partial charge in [-0.05, 0) is 71.5 Å². The highest BCUT2D eigenvalue weighted by atomic mass is 127. The first kappa shape index (κ1) is 21.4. The van der Waals surface area contributed by atoms with Crippen LogP contribution >= 0.6 is 22.6 Å². The maximum Gasteiger partial charge on any atom is 0.303 e. The lowest BCUT2D eigenvalue weighted by Gasteiger charge is -2.06. The summed E-state index contributed by atoms with van der Waals surface area (Å²) in [6, 6.07) is 11.5. The van der Waals surface area contributed by atoms with Crippen molar-refractivity contribution in [3.8, 4) is 0 Å². The first-order chi connectivity index (χ1) is 14.3. The van der Waals surface area contributed by atoms with Gasteiger partial charge in [0.25, 0.3) is 11.8 Å². The minimum atomic E-state index is -0.949. The zero-order valence-corrected chi connectivity index (χ0v) is 17.7. The van der Waals surface area contributed by atoms with Crippen LogP contribution in [0.1, 0.15) is 35.2 Å². The normalized spacial score (nSPS) is 13.5. The van der Waals surface area contributed by atoms with Crippen LogP contribution in [0.2, 0.25) is 0 Å². The molecule has 9 nitrogen and oxygen atoms in total. The van der Waals surface area contributed by atoms with Crippen LogP contribution in [-0.4, -0.2) is 34.5 Å². The predicted octanol–water partition coefficient (Wildman–Crippen LogP) is 2.57. The number of nitrogens with zero attached hydrogens (tertiary/aromatic N) is 1. The van der Waals surface area contributed by atoms with Crippen LogP contribution < -0.4 is 16.1 Å². The Kier molecular flexibility index (Phi) is 6.77. The SMILES string of the molecule is O=C(O)CCCC(=O)Nc1ccc(C(=O)N/N=C2\C(=O)Nc3ccc(I)cc32)cc1. The molecule has 1 aliphatic rings. The van der Waals surface area contributed by atoms with Crippen LogP contribution in [0.3, 0.4) is 0 Å². The second-order valence-electron chi connectivity index (χ2n) is 6.42. The number of benzene rings is 2. The summed E-state index contributed by atoms with van der Waals surface area (Å²) in [5.74, 6) is -2.16. The minimum Gasteiger partial charge on any atom is -0.481 e. The second kappa shape index (κ2) is 9.48. The number of amides is 3. The number of carbonyl (C=O) groups is 4. The first-order valence-corrected chi connectivity index (χ1v) is 10.0. The maximum absolute atomic E-state index is 12.3. The van der Waals surface area contributed by atoms with Gasteiger partial charge in [-0.1, -0.05) is 0 Å². The Morgan fingerprint density at radius 3 is 2.50 bits per heavy atom. The number of rotatable bonds is 7. The van der Waals surface area contributed by atoms with E-state index in [0.29, 0.717) is 22.5 Å². The monoisotopic (exact) mass is 520 g/mol. The molecule has 30 heavy (non-hydrogen) atoms. The summed E-state index contributed by atoms with van der Waals surface area (Å²) in [7, 11) is 0. The lowest BCUT2D eigenvalue weighted by molar-refractivity contribution is -0.137. The number of hydrazone groups is 1. The molecule has 154 valence electrons. The van der Waals surface area contributed by atoms with Crippen LogP contribution in [-0.2, 0) is 14.4 Å². The van der Waals surface area contributed by atoms with E-state index in [9.17, 15) is 19.2 Å². The molecule has 0 unspecified atom stereocenters. The smallest absolute Gasteiger partial charge is 0.303 e. The summed E-state index contributed by atoms with van der Waals surface area (Å²) in [6.07, 6.45) is 0.267. The molecule has 0 saturated heterocycles. The number of carbonyl (C=O) groups excluding carboxylic acids is 3. The van der Waals surface area contributed by atoms with E-state index >= 15 is 0 Å². The summed E-state index contributed by atoms with van der Waals surface area (Å²) >= 11 is 2.13. The van der Waals surface area contributed by atoms with Gasteiger partial charge in [0, 0.05) is 33.2 Å². The molecule has 3 amide bonds. The average Bonchev–Trinajstić information content (AvgIpc) is 3.00. The Morgan fingerprint density at radius 2 is 1.80 bits per heavy atom. The van der Waals surface area contributed by atoms with Crippen molar-refractivity contribution in [2.75, 3.05) is 10.6 Å². The van der Waals surface area contributed by atoms with Crippen molar-refractivity contribution in [3.05, 3.63) is 57.2 Å². The van der Waals surface area contributed by atoms with Crippen molar-refractivity contribution >= 4 is 63.4 Å². The van der Waals surface area contributed by atoms with Gasteiger partial charge in [-0.25, -0.2) is 5.43 Å². The van der Waals surface area contributed by atoms with Crippen molar-refractivity contribution in [3.63, 3.8) is 0 Å². The molecule has 0 aliphatic carbocycles. The number of nitrogens with one attached hydrogen (secondary N) is 3. The van der Waals surface area contributed by atoms with Gasteiger partial charge in [0.05, 0.1) is 5.69 Å². The average molecular weight is 520 g/mol. The van der Waals surface area contributed by atoms with Gasteiger partial charge >= 0.3 is 5.97 Å². The Morgan fingerprint density at radius 1 is 1.07 bits per heavy atom. The van der Waals surface area contributed by atoms with E-state index in [2.05, 4.69) is 43.8 Å². The molecule has 4 N–H and O–H groups in total. The van der Waals surface area contributed by atoms with E-state index in [1.54, 1.807) is 24.3 Å². The molecule has 2 aromatic rings. The molecule has 10 heteroatoms. The van der Waals surface area contributed by atoms with Gasteiger partial charge in [0.15, 0.2) is 5.71 Å². The van der Waals surface area contributed by atoms with E-state index in [0.717, 1.165) is 3.57 Å². The summed E-state index contributed by atoms with van der Waals surface area (Å²) in [5, 5.41) is 17.9. The van der Waals surface area contributed by atoms with E-state index in [1.807, 2.05) is 6.07 Å². The number of halogens is 1. The highest BCUT2D eigenvalue weighted by Crippen LogP contribution is 2.25. The number of aliphatic carboxylic acids is 1. The van der Waals surface area contributed by atoms with Crippen molar-refractivity contribution < 1.29 is 24.3 Å². The number of anilines is 2. The third kappa shape index (κ3) is 5.41. The van der Waals surface area contributed by atoms with Gasteiger partial charge in [-0.15, -0.1) is 0 Å². The summed E-state index contributed by atoms with van der Waals surface area (Å²) in [4.78, 5) is 46.7. The number of fused-ring (bicyclic) bond motifs is 1. The van der Waals surface area contributed by atoms with E-state index in [1.165, 1.54) is 12.1 Å². The quantitative estimate of drug-likeness (QED) is 0.329. The fourth-order valence-electron chi connectivity index (χ4n) is 2.74. The Hall–Kier alpha value is -3.28. The largest absolute Gasteiger partial charge is 0.481 e. The fourth-order valence-corrected chi connectivity index (χ4v) is 3.23. The number of hydrogen-bond acceptors (Lipinski definition) is 5. The van der Waals surface area contributed by atoms with Crippen LogP contribution in [0.5, 0.6) is 0 Å². The molecule has 0 radical (unpaired) electrons. The molecule has 2 aromatic carbocycles. The van der Waals surface area contributed by atoms with Gasteiger partial charge < -0.3 is 15.7 Å². The van der Waals surface area contributed by atoms with Crippen LogP contribution in [0, 0.1) is 3.57 Å². The summed E-state index contributed by atoms with van der Waals surface area (Å²) < 4.78 is 0.933. The predicted molar refractivity (Wildman–Crippen MR) is 118 cm³/mol. The highest BCUT2D eigenvalue weighted by Gasteiger charge is 2.26. The first-order valence-electron chi connectivity index (χ1n) is 8.94. The minimum absolute atomic E-state index is 0.0727. The van der Waals surface area contributed by atoms with Crippen molar-refractivity contribution in [2.45, 2.75) is 19.3 Å². The third-order valence-corrected chi connectivity index (χ3v) is 4.87. The molecule has 3 rings (SSSR count). The van der Waals surface area contributed by atoms with Gasteiger partial charge in [0.2, 0.25) is 5.91 Å². The molecule has 0 atom stereocenters. The van der Waals surface area contributed by atoms with E-state index in [4.69, 9.17) is 5.11 Å². The van der Waals surface area contributed by atoms with Crippen molar-refractivity contribution in [2.24, 2.45) is 5.10 Å². The van der Waals surface area contributed by atoms with Crippen LogP contribution in [0.4, 0.5) is 11.4 Å². The summed E-state index contributed by atoms with van der Waals surface area (Å²) in [6.45, 7) is 0. The lowest BCUT2D eigenvalue weighted by atomic mass is 10.1. The molecule has 1 heterocycles. The second-order valence-corrected chi connectivity index (χ2v) is 7.66. The van der Waals surface area contributed by atoms with Crippen LogP contribution in [0.25, 0.3) is 0 Å². The fraction of sp³-hybridized carbons (Fsp3) is 0.150. The van der Waals surface area contributed by atoms with Crippen molar-refractivity contribution in [1.29, 1.82) is 0 Å². The van der Waals surface area contributed by atoms with Crippen LogP contribution in [0.15, 0.2) is 47.6 Å². The number of carboxylic acid groups (broad SMARTS) is 1. The lowest BCUT2D eigenvalue weighted by Crippen LogP contribution is -2.23. The van der Waals surface area contributed by atoms with Gasteiger partial charge in [-0.3, -0.25) is 19.2 Å². The molecule has 0 aromatic heterocycles. The van der Waals surface area contributed by atoms with Crippen molar-refractivity contribution in [1.82, 2.24) is 5.43 Å². The molecule has 0 saturated carbocycles. The topological polar surface area (TPSA) is 137 Å². The molecule has 0 fully saturated rings. The molecule has 0 spiro atoms. The van der Waals surface area contributed by atoms with E-state index < -0.39 is 17.8 Å². The molecular weight excluding hydrogens is 503 g/mol. The molecular formula is C20H17IN4O5. The number of hydrogen-bond donors (Lipinski definition) is 4. The third-order valence-electron chi connectivity index (χ3n) is 4.19. The molecule has 0 bridgehead atoms. The Balaban J connectivity index is 1.60. The Bertz CT molecular complexity index is 1050.